The van der Waals surface area contributed by atoms with Gasteiger partial charge in [-0.25, -0.2) is 9.37 Å². The van der Waals surface area contributed by atoms with Crippen LogP contribution < -0.4 is 15.8 Å². The Morgan fingerprint density at radius 3 is 2.85 bits per heavy atom. The van der Waals surface area contributed by atoms with Gasteiger partial charge in [-0.2, -0.15) is 0 Å². The molecule has 7 heteroatoms. The molecule has 0 aliphatic carbocycles. The second kappa shape index (κ2) is 10.3. The first-order valence-electron chi connectivity index (χ1n) is 8.60. The van der Waals surface area contributed by atoms with Gasteiger partial charge >= 0.3 is 0 Å². The van der Waals surface area contributed by atoms with Crippen molar-refractivity contribution >= 4 is 11.7 Å². The number of hydrogen-bond acceptors (Lipinski definition) is 5. The topological polar surface area (TPSA) is 86.5 Å². The summed E-state index contributed by atoms with van der Waals surface area (Å²) in [4.78, 5) is 16.4. The van der Waals surface area contributed by atoms with Crippen molar-refractivity contribution in [3.63, 3.8) is 0 Å². The lowest BCUT2D eigenvalue weighted by molar-refractivity contribution is 0.0951. The van der Waals surface area contributed by atoms with E-state index >= 15 is 0 Å². The molecule has 0 atom stereocenters. The Morgan fingerprint density at radius 1 is 1.33 bits per heavy atom. The zero-order valence-corrected chi connectivity index (χ0v) is 15.5. The summed E-state index contributed by atoms with van der Waals surface area (Å²) in [5, 5.41) is 2.66. The predicted octanol–water partition coefficient (Wildman–Crippen LogP) is 3.22. The Balaban J connectivity index is 2.00. The summed E-state index contributed by atoms with van der Waals surface area (Å²) in [6, 6.07) is 8.08. The van der Waals surface area contributed by atoms with Crippen LogP contribution in [-0.4, -0.2) is 24.6 Å². The van der Waals surface area contributed by atoms with Crippen molar-refractivity contribution in [3.8, 4) is 5.75 Å². The fraction of sp³-hybridized carbons (Fsp3) is 0.300. The van der Waals surface area contributed by atoms with Gasteiger partial charge in [-0.15, -0.1) is 0 Å². The molecule has 0 radical (unpaired) electrons. The molecule has 1 aromatic carbocycles. The lowest BCUT2D eigenvalue weighted by Crippen LogP contribution is -2.25. The molecule has 0 saturated heterocycles. The molecule has 1 heterocycles. The van der Waals surface area contributed by atoms with E-state index in [0.717, 1.165) is 0 Å². The van der Waals surface area contributed by atoms with Gasteiger partial charge in [0.2, 0.25) is 0 Å². The fourth-order valence-corrected chi connectivity index (χ4v) is 2.42. The van der Waals surface area contributed by atoms with E-state index in [1.807, 2.05) is 19.1 Å². The first-order valence-corrected chi connectivity index (χ1v) is 8.60. The van der Waals surface area contributed by atoms with Crippen molar-refractivity contribution in [1.29, 1.82) is 0 Å². The molecule has 0 saturated carbocycles. The molecule has 27 heavy (non-hydrogen) atoms. The molecular weight excluding hydrogens is 349 g/mol. The van der Waals surface area contributed by atoms with Crippen molar-refractivity contribution < 1.29 is 18.7 Å². The average molecular weight is 373 g/mol. The van der Waals surface area contributed by atoms with Crippen LogP contribution in [0.1, 0.15) is 35.0 Å². The number of ether oxygens (including phenoxy) is 2. The molecular formula is C20H24FN3O3. The fourth-order valence-electron chi connectivity index (χ4n) is 2.42. The van der Waals surface area contributed by atoms with Gasteiger partial charge in [0, 0.05) is 19.2 Å². The van der Waals surface area contributed by atoms with Crippen molar-refractivity contribution in [2.75, 3.05) is 19.5 Å². The average Bonchev–Trinajstić information content (AvgIpc) is 2.65. The number of nitrogens with zero attached hydrogens (tertiary/aromatic N) is 1. The minimum atomic E-state index is -0.486. The molecule has 0 unspecified atom stereocenters. The van der Waals surface area contributed by atoms with Gasteiger partial charge in [-0.3, -0.25) is 4.79 Å². The van der Waals surface area contributed by atoms with Gasteiger partial charge in [-0.05, 0) is 31.5 Å². The molecule has 1 aromatic heterocycles. The van der Waals surface area contributed by atoms with Crippen LogP contribution in [0, 0.1) is 5.82 Å². The Kier molecular flexibility index (Phi) is 7.76. The van der Waals surface area contributed by atoms with E-state index in [-0.39, 0.29) is 23.7 Å². The maximum absolute atomic E-state index is 14.5. The number of anilines is 1. The normalized spacial score (nSPS) is 10.9. The lowest BCUT2D eigenvalue weighted by atomic mass is 10.1. The number of aromatic nitrogens is 1. The third-order valence-corrected chi connectivity index (χ3v) is 3.78. The minimum absolute atomic E-state index is 0.00991. The highest BCUT2D eigenvalue weighted by molar-refractivity contribution is 5.98. The predicted molar refractivity (Wildman–Crippen MR) is 102 cm³/mol. The Morgan fingerprint density at radius 2 is 2.15 bits per heavy atom. The summed E-state index contributed by atoms with van der Waals surface area (Å²) in [7, 11) is 1.55. The van der Waals surface area contributed by atoms with Crippen molar-refractivity contribution in [2.45, 2.75) is 26.5 Å². The summed E-state index contributed by atoms with van der Waals surface area (Å²) >= 11 is 0. The monoisotopic (exact) mass is 373 g/mol. The second-order valence-corrected chi connectivity index (χ2v) is 5.79. The first kappa shape index (κ1) is 20.4. The highest BCUT2D eigenvalue weighted by atomic mass is 19.1. The van der Waals surface area contributed by atoms with Crippen LogP contribution in [0.4, 0.5) is 10.2 Å². The maximum atomic E-state index is 14.5. The number of halogens is 1. The number of allylic oxidation sites excluding steroid dienone is 1. The smallest absolute Gasteiger partial charge is 0.255 e. The highest BCUT2D eigenvalue weighted by Crippen LogP contribution is 2.21. The number of carbonyl (C=O) groups is 1. The summed E-state index contributed by atoms with van der Waals surface area (Å²) in [6.07, 6.45) is 4.55. The molecule has 2 rings (SSSR count). The number of methoxy groups -OCH3 is 1. The van der Waals surface area contributed by atoms with E-state index in [0.29, 0.717) is 30.9 Å². The molecule has 0 bridgehead atoms. The Labute approximate surface area is 158 Å². The van der Waals surface area contributed by atoms with Crippen LogP contribution in [0.25, 0.3) is 0 Å². The summed E-state index contributed by atoms with van der Waals surface area (Å²) < 4.78 is 24.9. The number of nitrogens with one attached hydrogen (secondary N) is 1. The van der Waals surface area contributed by atoms with Gasteiger partial charge in [0.15, 0.2) is 11.6 Å². The van der Waals surface area contributed by atoms with Crippen LogP contribution in [0.5, 0.6) is 5.75 Å². The second-order valence-electron chi connectivity index (χ2n) is 5.79. The number of amides is 1. The van der Waals surface area contributed by atoms with Crippen LogP contribution in [0.15, 0.2) is 42.5 Å². The summed E-state index contributed by atoms with van der Waals surface area (Å²) in [6.45, 7) is 2.61. The third kappa shape index (κ3) is 5.79. The van der Waals surface area contributed by atoms with Crippen LogP contribution >= 0.6 is 0 Å². The number of benzene rings is 1. The molecule has 6 nitrogen and oxygen atoms in total. The number of carbonyl (C=O) groups excluding carboxylic acids is 1. The highest BCUT2D eigenvalue weighted by Gasteiger charge is 2.14. The molecule has 0 fully saturated rings. The van der Waals surface area contributed by atoms with Crippen LogP contribution in [0.3, 0.4) is 0 Å². The zero-order chi connectivity index (χ0) is 19.6. The van der Waals surface area contributed by atoms with E-state index in [9.17, 15) is 9.18 Å². The van der Waals surface area contributed by atoms with Crippen molar-refractivity contribution in [1.82, 2.24) is 10.3 Å². The van der Waals surface area contributed by atoms with Gasteiger partial charge < -0.3 is 20.5 Å². The van der Waals surface area contributed by atoms with Crippen LogP contribution in [-0.2, 0) is 17.9 Å². The third-order valence-electron chi connectivity index (χ3n) is 3.78. The van der Waals surface area contributed by atoms with Crippen molar-refractivity contribution in [3.05, 3.63) is 65.1 Å². The van der Waals surface area contributed by atoms with Gasteiger partial charge in [0.25, 0.3) is 5.91 Å². The standard InChI is InChI=1S/C20H24FN3O3/c1-3-4-5-11-27-17-8-6-7-14(18(17)21)12-23-20(25)16-10-9-15(13-26-2)24-19(16)22/h3-4,6-10H,5,11-13H2,1-2H3,(H2,22,24)(H,23,25)/b4-3+. The number of rotatable bonds is 9. The Hall–Kier alpha value is -2.93. The maximum Gasteiger partial charge on any atom is 0.255 e. The van der Waals surface area contributed by atoms with Gasteiger partial charge in [0.05, 0.1) is 24.5 Å². The largest absolute Gasteiger partial charge is 0.490 e. The van der Waals surface area contributed by atoms with E-state index in [1.54, 1.807) is 37.4 Å². The van der Waals surface area contributed by atoms with Crippen LogP contribution in [0.2, 0.25) is 0 Å². The zero-order valence-electron chi connectivity index (χ0n) is 15.5. The van der Waals surface area contributed by atoms with Gasteiger partial charge in [-0.1, -0.05) is 24.3 Å². The summed E-state index contributed by atoms with van der Waals surface area (Å²) in [5.41, 5.74) is 7.01. The number of pyridine rings is 1. The molecule has 2 aromatic rings. The summed E-state index contributed by atoms with van der Waals surface area (Å²) in [5.74, 6) is -0.650. The number of hydrogen-bond donors (Lipinski definition) is 2. The molecule has 0 aliphatic rings. The molecule has 1 amide bonds. The minimum Gasteiger partial charge on any atom is -0.490 e. The number of nitrogen functional groups attached to an aromatic ring is 1. The molecule has 0 spiro atoms. The van der Waals surface area contributed by atoms with E-state index in [2.05, 4.69) is 10.3 Å². The van der Waals surface area contributed by atoms with E-state index in [1.165, 1.54) is 0 Å². The van der Waals surface area contributed by atoms with E-state index < -0.39 is 11.7 Å². The lowest BCUT2D eigenvalue weighted by Gasteiger charge is -2.11. The van der Waals surface area contributed by atoms with Crippen molar-refractivity contribution in [2.24, 2.45) is 0 Å². The SMILES string of the molecule is C/C=C/CCOc1cccc(CNC(=O)c2ccc(COC)nc2N)c1F. The quantitative estimate of drug-likeness (QED) is 0.521. The molecule has 144 valence electrons. The number of nitrogens with two attached hydrogens (primary N) is 1. The Bertz CT molecular complexity index is 809. The molecule has 3 N–H and O–H groups in total. The first-order chi connectivity index (χ1) is 13.1. The van der Waals surface area contributed by atoms with Gasteiger partial charge in [0.1, 0.15) is 5.82 Å². The van der Waals surface area contributed by atoms with E-state index in [4.69, 9.17) is 15.2 Å². The molecule has 0 aliphatic heterocycles.